The monoisotopic (exact) mass is 282 g/mol. The van der Waals surface area contributed by atoms with E-state index in [-0.39, 0.29) is 7.43 Å². The van der Waals surface area contributed by atoms with Gasteiger partial charge in [0.25, 0.3) is 0 Å². The molecule has 0 aromatic carbocycles. The molecule has 2 rings (SSSR count). The predicted octanol–water partition coefficient (Wildman–Crippen LogP) is 7.33. The van der Waals surface area contributed by atoms with E-state index in [9.17, 15) is 0 Å². The van der Waals surface area contributed by atoms with E-state index in [0.717, 1.165) is 29.1 Å². The lowest BCUT2D eigenvalue weighted by Crippen LogP contribution is -2.05. The first-order valence-electron chi connectivity index (χ1n) is 8.92. The van der Waals surface area contributed by atoms with Gasteiger partial charge < -0.3 is 0 Å². The predicted molar refractivity (Wildman–Crippen MR) is 94.1 cm³/mol. The summed E-state index contributed by atoms with van der Waals surface area (Å²) in [5, 5.41) is 0. The number of rotatable bonds is 7. The van der Waals surface area contributed by atoms with Gasteiger partial charge in [0.1, 0.15) is 0 Å². The maximum absolute atomic E-state index is 2.34. The van der Waals surface area contributed by atoms with Crippen molar-refractivity contribution in [3.8, 4) is 0 Å². The summed E-state index contributed by atoms with van der Waals surface area (Å²) in [5.41, 5.74) is 0.814. The van der Waals surface area contributed by atoms with E-state index in [2.05, 4.69) is 41.5 Å². The smallest absolute Gasteiger partial charge is 0.0297 e. The summed E-state index contributed by atoms with van der Waals surface area (Å²) in [6, 6.07) is 0. The van der Waals surface area contributed by atoms with Crippen LogP contribution in [0.25, 0.3) is 0 Å². The van der Waals surface area contributed by atoms with Crippen LogP contribution in [0.2, 0.25) is 0 Å². The van der Waals surface area contributed by atoms with E-state index in [1.165, 1.54) is 51.4 Å². The Balaban J connectivity index is 0.000000345. The van der Waals surface area contributed by atoms with E-state index in [0.29, 0.717) is 0 Å². The minimum atomic E-state index is 0. The molecule has 2 fully saturated rings. The zero-order valence-electron chi connectivity index (χ0n) is 14.5. The molecule has 0 bridgehead atoms. The van der Waals surface area contributed by atoms with Crippen LogP contribution in [-0.2, 0) is 0 Å². The van der Waals surface area contributed by atoms with Crippen molar-refractivity contribution in [1.82, 2.24) is 0 Å². The van der Waals surface area contributed by atoms with Gasteiger partial charge in [0, 0.05) is 0 Å². The van der Waals surface area contributed by atoms with Gasteiger partial charge in [0.2, 0.25) is 0 Å². The third kappa shape index (κ3) is 7.70. The van der Waals surface area contributed by atoms with Gasteiger partial charge in [-0.05, 0) is 67.6 Å². The summed E-state index contributed by atoms with van der Waals surface area (Å²) in [5.74, 6) is 3.99. The summed E-state index contributed by atoms with van der Waals surface area (Å²) in [6.07, 6.45) is 11.8. The van der Waals surface area contributed by atoms with Crippen LogP contribution in [0.15, 0.2) is 0 Å². The molecule has 2 aliphatic rings. The van der Waals surface area contributed by atoms with Gasteiger partial charge in [-0.15, -0.1) is 0 Å². The second-order valence-corrected chi connectivity index (χ2v) is 8.09. The fourth-order valence-electron chi connectivity index (χ4n) is 3.61. The third-order valence-corrected chi connectivity index (χ3v) is 5.14. The fraction of sp³-hybridized carbons (Fsp3) is 1.00. The van der Waals surface area contributed by atoms with Crippen molar-refractivity contribution >= 4 is 0 Å². The summed E-state index contributed by atoms with van der Waals surface area (Å²) in [7, 11) is 0. The first kappa shape index (κ1) is 20.0. The summed E-state index contributed by atoms with van der Waals surface area (Å²) in [4.78, 5) is 0. The molecular formula is C20H42. The molecule has 0 N–H and O–H groups in total. The molecule has 2 aliphatic carbocycles. The lowest BCUT2D eigenvalue weighted by Gasteiger charge is -2.15. The lowest BCUT2D eigenvalue weighted by atomic mass is 9.91. The van der Waals surface area contributed by atoms with Crippen molar-refractivity contribution in [3.63, 3.8) is 0 Å². The van der Waals surface area contributed by atoms with E-state index in [1.54, 1.807) is 0 Å². The Morgan fingerprint density at radius 3 is 1.70 bits per heavy atom. The van der Waals surface area contributed by atoms with Crippen LogP contribution in [-0.4, -0.2) is 0 Å². The number of hydrogen-bond acceptors (Lipinski definition) is 0. The van der Waals surface area contributed by atoms with Crippen molar-refractivity contribution in [2.45, 2.75) is 100 Å². The Bertz CT molecular complexity index is 230. The molecule has 20 heavy (non-hydrogen) atoms. The molecule has 0 aliphatic heterocycles. The Kier molecular flexibility index (Phi) is 9.11. The number of hydrogen-bond donors (Lipinski definition) is 0. The minimum Gasteiger partial charge on any atom is -0.0776 e. The van der Waals surface area contributed by atoms with Gasteiger partial charge in [-0.2, -0.15) is 0 Å². The average Bonchev–Trinajstić information content (AvgIpc) is 3.20. The van der Waals surface area contributed by atoms with E-state index in [4.69, 9.17) is 0 Å². The molecular weight excluding hydrogens is 240 g/mol. The van der Waals surface area contributed by atoms with Crippen LogP contribution in [0.4, 0.5) is 0 Å². The molecule has 122 valence electrons. The lowest BCUT2D eigenvalue weighted by molar-refractivity contribution is 0.358. The second kappa shape index (κ2) is 9.11. The average molecular weight is 283 g/mol. The van der Waals surface area contributed by atoms with Crippen molar-refractivity contribution in [1.29, 1.82) is 0 Å². The highest BCUT2D eigenvalue weighted by atomic mass is 14.5. The molecule has 0 radical (unpaired) electrons. The van der Waals surface area contributed by atoms with Gasteiger partial charge in [-0.3, -0.25) is 0 Å². The van der Waals surface area contributed by atoms with Crippen LogP contribution < -0.4 is 0 Å². The van der Waals surface area contributed by atoms with Gasteiger partial charge in [0.15, 0.2) is 0 Å². The maximum Gasteiger partial charge on any atom is -0.0297 e. The minimum absolute atomic E-state index is 0. The zero-order chi connectivity index (χ0) is 14.5. The molecule has 0 heterocycles. The SMILES string of the molecule is C.CCC(CC(C)C)C1CC1.CCC1(CC(C)C)CC1. The van der Waals surface area contributed by atoms with Crippen molar-refractivity contribution in [2.75, 3.05) is 0 Å². The molecule has 0 aromatic rings. The standard InChI is InChI=1S/C10H20.C9H18.CH4/c1-4-9(7-8(2)3)10-5-6-10;1-4-9(5-6-9)7-8(2)3;/h8-10H,4-7H2,1-3H3;8H,4-7H2,1-3H3;1H4. The Morgan fingerprint density at radius 2 is 1.50 bits per heavy atom. The molecule has 0 saturated heterocycles. The molecule has 1 unspecified atom stereocenters. The first-order chi connectivity index (χ1) is 8.92. The normalized spacial score (nSPS) is 21.0. The van der Waals surface area contributed by atoms with Gasteiger partial charge in [-0.1, -0.05) is 61.8 Å². The maximum atomic E-state index is 2.34. The van der Waals surface area contributed by atoms with Crippen molar-refractivity contribution in [2.24, 2.45) is 29.1 Å². The summed E-state index contributed by atoms with van der Waals surface area (Å²) in [6.45, 7) is 14.0. The molecule has 0 spiro atoms. The van der Waals surface area contributed by atoms with Crippen LogP contribution >= 0.6 is 0 Å². The van der Waals surface area contributed by atoms with Crippen LogP contribution in [0.3, 0.4) is 0 Å². The molecule has 0 aromatic heterocycles. The van der Waals surface area contributed by atoms with Crippen LogP contribution in [0.5, 0.6) is 0 Å². The Morgan fingerprint density at radius 1 is 0.950 bits per heavy atom. The van der Waals surface area contributed by atoms with Gasteiger partial charge in [-0.25, -0.2) is 0 Å². The topological polar surface area (TPSA) is 0 Å². The van der Waals surface area contributed by atoms with Crippen molar-refractivity contribution < 1.29 is 0 Å². The molecule has 0 heteroatoms. The largest absolute Gasteiger partial charge is 0.0776 e. The third-order valence-electron chi connectivity index (χ3n) is 5.14. The highest BCUT2D eigenvalue weighted by Gasteiger charge is 2.40. The van der Waals surface area contributed by atoms with Crippen LogP contribution in [0, 0.1) is 29.1 Å². The Labute approximate surface area is 130 Å². The van der Waals surface area contributed by atoms with E-state index >= 15 is 0 Å². The van der Waals surface area contributed by atoms with E-state index in [1.807, 2.05) is 0 Å². The summed E-state index contributed by atoms with van der Waals surface area (Å²) < 4.78 is 0. The first-order valence-corrected chi connectivity index (χ1v) is 8.92. The van der Waals surface area contributed by atoms with E-state index < -0.39 is 0 Å². The Hall–Kier alpha value is 0. The van der Waals surface area contributed by atoms with Gasteiger partial charge in [0.05, 0.1) is 0 Å². The zero-order valence-corrected chi connectivity index (χ0v) is 14.5. The highest BCUT2D eigenvalue weighted by molar-refractivity contribution is 4.91. The molecule has 0 nitrogen and oxygen atoms in total. The second-order valence-electron chi connectivity index (χ2n) is 8.09. The molecule has 1 atom stereocenters. The van der Waals surface area contributed by atoms with Crippen molar-refractivity contribution in [3.05, 3.63) is 0 Å². The van der Waals surface area contributed by atoms with Crippen LogP contribution in [0.1, 0.15) is 100 Å². The van der Waals surface area contributed by atoms with Gasteiger partial charge >= 0.3 is 0 Å². The molecule has 2 saturated carbocycles. The highest BCUT2D eigenvalue weighted by Crippen LogP contribution is 2.53. The fourth-order valence-corrected chi connectivity index (χ4v) is 3.61. The quantitative estimate of drug-likeness (QED) is 0.458. The summed E-state index contributed by atoms with van der Waals surface area (Å²) >= 11 is 0. The molecule has 0 amide bonds.